The van der Waals surface area contributed by atoms with Crippen molar-refractivity contribution in [2.24, 2.45) is 4.99 Å². The first kappa shape index (κ1) is 20.9. The average Bonchev–Trinajstić information content (AvgIpc) is 3.30. The molecule has 6 nitrogen and oxygen atoms in total. The SMILES string of the molecule is CN=C(NCCc1csc(C)n1)NCc1ccnc(N2CCCC2)c1.I. The Kier molecular flexibility index (Phi) is 8.56. The summed E-state index contributed by atoms with van der Waals surface area (Å²) in [4.78, 5) is 15.6. The van der Waals surface area contributed by atoms with Crippen LogP contribution in [0.3, 0.4) is 0 Å². The summed E-state index contributed by atoms with van der Waals surface area (Å²) in [5.74, 6) is 1.89. The fourth-order valence-electron chi connectivity index (χ4n) is 2.93. The van der Waals surface area contributed by atoms with E-state index in [0.29, 0.717) is 0 Å². The summed E-state index contributed by atoms with van der Waals surface area (Å²) in [6, 6.07) is 4.22. The normalized spacial score (nSPS) is 14.2. The first-order valence-electron chi connectivity index (χ1n) is 8.80. The highest BCUT2D eigenvalue weighted by Gasteiger charge is 2.13. The van der Waals surface area contributed by atoms with Gasteiger partial charge in [-0.25, -0.2) is 9.97 Å². The topological polar surface area (TPSA) is 65.4 Å². The van der Waals surface area contributed by atoms with Gasteiger partial charge in [0.15, 0.2) is 5.96 Å². The summed E-state index contributed by atoms with van der Waals surface area (Å²) in [7, 11) is 1.80. The van der Waals surface area contributed by atoms with E-state index >= 15 is 0 Å². The summed E-state index contributed by atoms with van der Waals surface area (Å²) in [6.45, 7) is 5.82. The van der Waals surface area contributed by atoms with Gasteiger partial charge < -0.3 is 15.5 Å². The van der Waals surface area contributed by atoms with Crippen molar-refractivity contribution in [3.05, 3.63) is 40.0 Å². The molecule has 2 aromatic heterocycles. The predicted molar refractivity (Wildman–Crippen MR) is 120 cm³/mol. The van der Waals surface area contributed by atoms with Crippen LogP contribution in [-0.2, 0) is 13.0 Å². The largest absolute Gasteiger partial charge is 0.357 e. The monoisotopic (exact) mass is 486 g/mol. The highest BCUT2D eigenvalue weighted by molar-refractivity contribution is 14.0. The zero-order valence-electron chi connectivity index (χ0n) is 15.4. The molecule has 3 rings (SSSR count). The van der Waals surface area contributed by atoms with Crippen molar-refractivity contribution in [3.8, 4) is 0 Å². The number of anilines is 1. The molecule has 0 amide bonds. The Morgan fingerprint density at radius 2 is 2.12 bits per heavy atom. The molecule has 26 heavy (non-hydrogen) atoms. The third-order valence-electron chi connectivity index (χ3n) is 4.26. The fourth-order valence-corrected chi connectivity index (χ4v) is 3.58. The number of guanidine groups is 1. The van der Waals surface area contributed by atoms with E-state index in [1.807, 2.05) is 13.1 Å². The van der Waals surface area contributed by atoms with Crippen molar-refractivity contribution in [2.45, 2.75) is 32.7 Å². The van der Waals surface area contributed by atoms with Gasteiger partial charge >= 0.3 is 0 Å². The number of aliphatic imine (C=N–C) groups is 1. The molecule has 0 aliphatic carbocycles. The lowest BCUT2D eigenvalue weighted by atomic mass is 10.2. The third-order valence-corrected chi connectivity index (χ3v) is 5.09. The summed E-state index contributed by atoms with van der Waals surface area (Å²) in [5, 5.41) is 9.94. The molecule has 2 N–H and O–H groups in total. The Bertz CT molecular complexity index is 711. The van der Waals surface area contributed by atoms with Crippen LogP contribution in [0, 0.1) is 6.92 Å². The van der Waals surface area contributed by atoms with E-state index in [4.69, 9.17) is 0 Å². The predicted octanol–water partition coefficient (Wildman–Crippen LogP) is 2.97. The van der Waals surface area contributed by atoms with Crippen molar-refractivity contribution in [1.29, 1.82) is 0 Å². The van der Waals surface area contributed by atoms with Gasteiger partial charge in [-0.15, -0.1) is 35.3 Å². The van der Waals surface area contributed by atoms with Gasteiger partial charge in [0.25, 0.3) is 0 Å². The number of nitrogens with one attached hydrogen (secondary N) is 2. The molecule has 0 atom stereocenters. The molecule has 0 radical (unpaired) electrons. The van der Waals surface area contributed by atoms with Crippen LogP contribution in [0.5, 0.6) is 0 Å². The highest BCUT2D eigenvalue weighted by atomic mass is 127. The van der Waals surface area contributed by atoms with Gasteiger partial charge in [0, 0.05) is 51.2 Å². The lowest BCUT2D eigenvalue weighted by molar-refractivity contribution is 0.784. The van der Waals surface area contributed by atoms with Crippen LogP contribution in [0.4, 0.5) is 5.82 Å². The van der Waals surface area contributed by atoms with Crippen LogP contribution in [-0.4, -0.2) is 42.6 Å². The number of halogens is 1. The van der Waals surface area contributed by atoms with Crippen LogP contribution in [0.2, 0.25) is 0 Å². The van der Waals surface area contributed by atoms with Gasteiger partial charge in [-0.05, 0) is 37.5 Å². The van der Waals surface area contributed by atoms with Crippen LogP contribution in [0.1, 0.15) is 29.1 Å². The molecule has 142 valence electrons. The zero-order chi connectivity index (χ0) is 17.5. The number of thiazole rings is 1. The molecule has 0 saturated carbocycles. The summed E-state index contributed by atoms with van der Waals surface area (Å²) < 4.78 is 0. The maximum absolute atomic E-state index is 4.50. The molecule has 8 heteroatoms. The van der Waals surface area contributed by atoms with Crippen molar-refractivity contribution >= 4 is 47.1 Å². The molecule has 0 aromatic carbocycles. The molecule has 1 saturated heterocycles. The van der Waals surface area contributed by atoms with Crippen molar-refractivity contribution in [2.75, 3.05) is 31.6 Å². The van der Waals surface area contributed by atoms with Crippen molar-refractivity contribution in [3.63, 3.8) is 0 Å². The molecule has 0 unspecified atom stereocenters. The molecular formula is C18H27IN6S. The Hall–Kier alpha value is -1.42. The second-order valence-electron chi connectivity index (χ2n) is 6.18. The maximum Gasteiger partial charge on any atom is 0.191 e. The number of pyridine rings is 1. The van der Waals surface area contributed by atoms with Gasteiger partial charge in [-0.1, -0.05) is 0 Å². The quantitative estimate of drug-likeness (QED) is 0.374. The number of hydrogen-bond donors (Lipinski definition) is 2. The highest BCUT2D eigenvalue weighted by Crippen LogP contribution is 2.18. The smallest absolute Gasteiger partial charge is 0.191 e. The number of aryl methyl sites for hydroxylation is 1. The van der Waals surface area contributed by atoms with Crippen molar-refractivity contribution in [1.82, 2.24) is 20.6 Å². The molecule has 1 fully saturated rings. The van der Waals surface area contributed by atoms with Crippen molar-refractivity contribution < 1.29 is 0 Å². The minimum Gasteiger partial charge on any atom is -0.357 e. The van der Waals surface area contributed by atoms with E-state index in [0.717, 1.165) is 55.1 Å². The molecule has 0 spiro atoms. The van der Waals surface area contributed by atoms with E-state index in [-0.39, 0.29) is 24.0 Å². The Morgan fingerprint density at radius 1 is 1.31 bits per heavy atom. The van der Waals surface area contributed by atoms with Crippen LogP contribution in [0.15, 0.2) is 28.7 Å². The van der Waals surface area contributed by atoms with Gasteiger partial charge in [0.05, 0.1) is 10.7 Å². The summed E-state index contributed by atoms with van der Waals surface area (Å²) in [5.41, 5.74) is 2.35. The molecule has 0 bridgehead atoms. The molecule has 1 aliphatic heterocycles. The van der Waals surface area contributed by atoms with Crippen LogP contribution < -0.4 is 15.5 Å². The van der Waals surface area contributed by atoms with Crippen LogP contribution >= 0.6 is 35.3 Å². The summed E-state index contributed by atoms with van der Waals surface area (Å²) >= 11 is 1.69. The lowest BCUT2D eigenvalue weighted by Gasteiger charge is -2.17. The van der Waals surface area contributed by atoms with Gasteiger partial charge in [-0.3, -0.25) is 4.99 Å². The number of nitrogens with zero attached hydrogens (tertiary/aromatic N) is 4. The molecule has 3 heterocycles. The van der Waals surface area contributed by atoms with Gasteiger partial charge in [-0.2, -0.15) is 0 Å². The fraction of sp³-hybridized carbons (Fsp3) is 0.500. The Labute approximate surface area is 176 Å². The lowest BCUT2D eigenvalue weighted by Crippen LogP contribution is -2.37. The Balaban J connectivity index is 0.00000243. The summed E-state index contributed by atoms with van der Waals surface area (Å²) in [6.07, 6.45) is 5.32. The Morgan fingerprint density at radius 3 is 2.81 bits per heavy atom. The maximum atomic E-state index is 4.50. The second kappa shape index (κ2) is 10.7. The molecular weight excluding hydrogens is 459 g/mol. The van der Waals surface area contributed by atoms with E-state index in [1.165, 1.54) is 18.4 Å². The zero-order valence-corrected chi connectivity index (χ0v) is 18.5. The average molecular weight is 486 g/mol. The van der Waals surface area contributed by atoms with E-state index < -0.39 is 0 Å². The van der Waals surface area contributed by atoms with E-state index in [9.17, 15) is 0 Å². The third kappa shape index (κ3) is 6.08. The van der Waals surface area contributed by atoms with Gasteiger partial charge in [0.2, 0.25) is 0 Å². The first-order chi connectivity index (χ1) is 12.2. The molecule has 1 aliphatic rings. The number of rotatable bonds is 6. The standard InChI is InChI=1S/C18H26N6S.HI/c1-14-23-16(13-25-14)6-8-21-18(19-2)22-12-15-5-7-20-17(11-15)24-9-3-4-10-24;/h5,7,11,13H,3-4,6,8-10,12H2,1-2H3,(H2,19,21,22);1H. The number of aromatic nitrogens is 2. The second-order valence-corrected chi connectivity index (χ2v) is 7.24. The van der Waals surface area contributed by atoms with Crippen LogP contribution in [0.25, 0.3) is 0 Å². The minimum atomic E-state index is 0. The minimum absolute atomic E-state index is 0. The molecule has 2 aromatic rings. The van der Waals surface area contributed by atoms with E-state index in [1.54, 1.807) is 18.4 Å². The van der Waals surface area contributed by atoms with E-state index in [2.05, 4.69) is 48.0 Å². The first-order valence-corrected chi connectivity index (χ1v) is 9.68. The number of hydrogen-bond acceptors (Lipinski definition) is 5. The van der Waals surface area contributed by atoms with Gasteiger partial charge in [0.1, 0.15) is 5.82 Å².